The summed E-state index contributed by atoms with van der Waals surface area (Å²) in [6.45, 7) is 0. The van der Waals surface area contributed by atoms with Crippen molar-refractivity contribution in [2.75, 3.05) is 7.11 Å². The van der Waals surface area contributed by atoms with Crippen molar-refractivity contribution in [3.8, 4) is 21.8 Å². The van der Waals surface area contributed by atoms with Gasteiger partial charge in [-0.05, 0) is 30.3 Å². The molecule has 0 aliphatic heterocycles. The lowest BCUT2D eigenvalue weighted by atomic mass is 10.1. The number of hydrogen-bond donors (Lipinski definition) is 1. The Morgan fingerprint density at radius 2 is 2.00 bits per heavy atom. The first-order valence-corrected chi connectivity index (χ1v) is 8.66. The number of carbonyl (C=O) groups excluding carboxylic acids is 1. The summed E-state index contributed by atoms with van der Waals surface area (Å²) < 4.78 is 4.83. The number of esters is 1. The monoisotopic (exact) mass is 363 g/mol. The van der Waals surface area contributed by atoms with Crippen LogP contribution in [0, 0.1) is 0 Å². The van der Waals surface area contributed by atoms with E-state index in [1.54, 1.807) is 36.7 Å². The molecule has 0 aliphatic carbocycles. The molecule has 0 radical (unpaired) electrons. The van der Waals surface area contributed by atoms with Gasteiger partial charge < -0.3 is 9.72 Å². The van der Waals surface area contributed by atoms with Crippen molar-refractivity contribution in [3.63, 3.8) is 0 Å². The molecule has 0 amide bonds. The van der Waals surface area contributed by atoms with Gasteiger partial charge in [0.05, 0.1) is 23.9 Å². The molecule has 0 aliphatic rings. The van der Waals surface area contributed by atoms with Crippen LogP contribution >= 0.6 is 11.3 Å². The van der Waals surface area contributed by atoms with E-state index in [1.807, 2.05) is 17.5 Å². The van der Waals surface area contributed by atoms with Crippen molar-refractivity contribution in [3.05, 3.63) is 70.1 Å². The van der Waals surface area contributed by atoms with E-state index < -0.39 is 5.97 Å². The number of carbonyl (C=O) groups is 1. The SMILES string of the molecule is COC(=O)c1cccc2[nH]c(=O)c(-c3csc(-c4ccncc4)n3)cc12. The molecule has 0 unspecified atom stereocenters. The van der Waals surface area contributed by atoms with Gasteiger partial charge >= 0.3 is 5.97 Å². The molecule has 4 rings (SSSR count). The predicted molar refractivity (Wildman–Crippen MR) is 100 cm³/mol. The fourth-order valence-electron chi connectivity index (χ4n) is 2.73. The fraction of sp³-hybridized carbons (Fsp3) is 0.0526. The second kappa shape index (κ2) is 6.53. The number of rotatable bonds is 3. The number of H-pyrrole nitrogens is 1. The number of benzene rings is 1. The van der Waals surface area contributed by atoms with Crippen LogP contribution in [0.1, 0.15) is 10.4 Å². The highest BCUT2D eigenvalue weighted by Gasteiger charge is 2.15. The first-order valence-electron chi connectivity index (χ1n) is 7.78. The zero-order valence-corrected chi connectivity index (χ0v) is 14.5. The third-order valence-corrected chi connectivity index (χ3v) is 4.89. The maximum Gasteiger partial charge on any atom is 0.338 e. The Kier molecular flexibility index (Phi) is 4.06. The predicted octanol–water partition coefficient (Wildman–Crippen LogP) is 3.50. The van der Waals surface area contributed by atoms with Gasteiger partial charge in [-0.15, -0.1) is 11.3 Å². The van der Waals surface area contributed by atoms with Crippen molar-refractivity contribution in [1.82, 2.24) is 15.0 Å². The molecule has 1 N–H and O–H groups in total. The van der Waals surface area contributed by atoms with Crippen LogP contribution in [0.25, 0.3) is 32.7 Å². The van der Waals surface area contributed by atoms with Gasteiger partial charge in [-0.2, -0.15) is 0 Å². The normalized spacial score (nSPS) is 10.8. The summed E-state index contributed by atoms with van der Waals surface area (Å²) in [5, 5.41) is 3.24. The maximum atomic E-state index is 12.5. The highest BCUT2D eigenvalue weighted by atomic mass is 32.1. The number of pyridine rings is 2. The summed E-state index contributed by atoms with van der Waals surface area (Å²) in [7, 11) is 1.33. The molecule has 7 heteroatoms. The number of nitrogens with one attached hydrogen (secondary N) is 1. The molecule has 0 fully saturated rings. The molecule has 128 valence electrons. The topological polar surface area (TPSA) is 84.9 Å². The summed E-state index contributed by atoms with van der Waals surface area (Å²) in [6, 6.07) is 10.5. The Labute approximate surface area is 152 Å². The molecule has 4 aromatic rings. The van der Waals surface area contributed by atoms with Gasteiger partial charge in [-0.25, -0.2) is 9.78 Å². The van der Waals surface area contributed by atoms with Gasteiger partial charge in [0.2, 0.25) is 0 Å². The van der Waals surface area contributed by atoms with Gasteiger partial charge in [0.1, 0.15) is 5.01 Å². The lowest BCUT2D eigenvalue weighted by Gasteiger charge is -2.06. The molecule has 0 saturated heterocycles. The highest BCUT2D eigenvalue weighted by Crippen LogP contribution is 2.28. The van der Waals surface area contributed by atoms with Crippen LogP contribution in [0.15, 0.2) is 59.0 Å². The molecule has 1 aromatic carbocycles. The van der Waals surface area contributed by atoms with Crippen LogP contribution in [0.5, 0.6) is 0 Å². The van der Waals surface area contributed by atoms with E-state index in [0.717, 1.165) is 10.6 Å². The Morgan fingerprint density at radius 1 is 1.19 bits per heavy atom. The number of thiazole rings is 1. The lowest BCUT2D eigenvalue weighted by Crippen LogP contribution is -2.11. The Morgan fingerprint density at radius 3 is 2.77 bits per heavy atom. The minimum atomic E-state index is -0.454. The Bertz CT molecular complexity index is 1170. The Hall–Kier alpha value is -3.32. The molecular weight excluding hydrogens is 350 g/mol. The molecule has 0 atom stereocenters. The minimum Gasteiger partial charge on any atom is -0.465 e. The number of aromatic nitrogens is 3. The first kappa shape index (κ1) is 16.2. The first-order chi connectivity index (χ1) is 12.7. The van der Waals surface area contributed by atoms with Crippen LogP contribution in [0.2, 0.25) is 0 Å². The quantitative estimate of drug-likeness (QED) is 0.563. The van der Waals surface area contributed by atoms with Gasteiger partial charge in [0.25, 0.3) is 5.56 Å². The van der Waals surface area contributed by atoms with E-state index in [2.05, 4.69) is 15.0 Å². The molecule has 0 bridgehead atoms. The number of aromatic amines is 1. The summed E-state index contributed by atoms with van der Waals surface area (Å²) in [4.78, 5) is 35.9. The zero-order valence-electron chi connectivity index (χ0n) is 13.7. The number of methoxy groups -OCH3 is 1. The van der Waals surface area contributed by atoms with Crippen molar-refractivity contribution < 1.29 is 9.53 Å². The zero-order chi connectivity index (χ0) is 18.1. The smallest absolute Gasteiger partial charge is 0.338 e. The second-order valence-electron chi connectivity index (χ2n) is 5.54. The van der Waals surface area contributed by atoms with E-state index >= 15 is 0 Å². The van der Waals surface area contributed by atoms with Gasteiger partial charge in [0.15, 0.2) is 0 Å². The average Bonchev–Trinajstić information content (AvgIpc) is 3.17. The number of hydrogen-bond acceptors (Lipinski definition) is 6. The van der Waals surface area contributed by atoms with Crippen LogP contribution in [0.3, 0.4) is 0 Å². The van der Waals surface area contributed by atoms with Crippen molar-refractivity contribution >= 4 is 28.2 Å². The minimum absolute atomic E-state index is 0.258. The van der Waals surface area contributed by atoms with E-state index in [1.165, 1.54) is 18.4 Å². The van der Waals surface area contributed by atoms with Gasteiger partial charge in [-0.3, -0.25) is 9.78 Å². The largest absolute Gasteiger partial charge is 0.465 e. The molecule has 0 saturated carbocycles. The molecule has 3 aromatic heterocycles. The van der Waals surface area contributed by atoms with E-state index in [-0.39, 0.29) is 5.56 Å². The maximum absolute atomic E-state index is 12.5. The van der Waals surface area contributed by atoms with Crippen molar-refractivity contribution in [2.45, 2.75) is 0 Å². The van der Waals surface area contributed by atoms with Crippen molar-refractivity contribution in [1.29, 1.82) is 0 Å². The average molecular weight is 363 g/mol. The molecule has 3 heterocycles. The van der Waals surface area contributed by atoms with Gasteiger partial charge in [0, 0.05) is 34.2 Å². The number of nitrogens with zero attached hydrogens (tertiary/aromatic N) is 2. The van der Waals surface area contributed by atoms with Gasteiger partial charge in [-0.1, -0.05) is 6.07 Å². The summed E-state index contributed by atoms with van der Waals surface area (Å²) in [6.07, 6.45) is 3.39. The van der Waals surface area contributed by atoms with Crippen LogP contribution in [-0.4, -0.2) is 28.0 Å². The standard InChI is InChI=1S/C19H13N3O3S/c1-25-19(24)12-3-2-4-15-13(12)9-14(17(23)21-15)16-10-26-18(22-16)11-5-7-20-8-6-11/h2-10H,1H3,(H,21,23). The highest BCUT2D eigenvalue weighted by molar-refractivity contribution is 7.13. The molecular formula is C19H13N3O3S. The summed E-state index contributed by atoms with van der Waals surface area (Å²) in [5.41, 5.74) is 2.61. The van der Waals surface area contributed by atoms with E-state index in [4.69, 9.17) is 4.74 Å². The molecule has 26 heavy (non-hydrogen) atoms. The Balaban J connectivity index is 1.87. The van der Waals surface area contributed by atoms with Crippen molar-refractivity contribution in [2.24, 2.45) is 0 Å². The lowest BCUT2D eigenvalue weighted by molar-refractivity contribution is 0.0603. The van der Waals surface area contributed by atoms with E-state index in [9.17, 15) is 9.59 Å². The number of fused-ring (bicyclic) bond motifs is 1. The molecule has 6 nitrogen and oxygen atoms in total. The third kappa shape index (κ3) is 2.78. The fourth-order valence-corrected chi connectivity index (χ4v) is 3.56. The third-order valence-electron chi connectivity index (χ3n) is 4.00. The summed E-state index contributed by atoms with van der Waals surface area (Å²) >= 11 is 1.44. The molecule has 0 spiro atoms. The van der Waals surface area contributed by atoms with Crippen LogP contribution < -0.4 is 5.56 Å². The summed E-state index contributed by atoms with van der Waals surface area (Å²) in [5.74, 6) is -0.454. The second-order valence-corrected chi connectivity index (χ2v) is 6.40. The van der Waals surface area contributed by atoms with Crippen LogP contribution in [0.4, 0.5) is 0 Å². The number of ether oxygens (including phenoxy) is 1. The van der Waals surface area contributed by atoms with E-state index in [0.29, 0.717) is 27.7 Å². The van der Waals surface area contributed by atoms with Crippen LogP contribution in [-0.2, 0) is 4.74 Å².